The van der Waals surface area contributed by atoms with Crippen LogP contribution >= 0.6 is 0 Å². The molecule has 0 saturated heterocycles. The van der Waals surface area contributed by atoms with E-state index in [9.17, 15) is 0 Å². The van der Waals surface area contributed by atoms with Crippen LogP contribution in [0.15, 0.2) is 28.9 Å². The van der Waals surface area contributed by atoms with E-state index in [1.807, 2.05) is 13.0 Å². The second-order valence-corrected chi connectivity index (χ2v) is 2.56. The third-order valence-corrected chi connectivity index (χ3v) is 1.50. The van der Waals surface area contributed by atoms with E-state index in [1.54, 1.807) is 0 Å². The van der Waals surface area contributed by atoms with Crippen molar-refractivity contribution in [1.82, 2.24) is 0 Å². The lowest BCUT2D eigenvalue weighted by Gasteiger charge is -2.06. The molecule has 0 atom stereocenters. The van der Waals surface area contributed by atoms with Crippen LogP contribution in [0.4, 0.5) is 0 Å². The van der Waals surface area contributed by atoms with Gasteiger partial charge in [0.1, 0.15) is 0 Å². The van der Waals surface area contributed by atoms with Crippen molar-refractivity contribution in [2.24, 2.45) is 10.9 Å². The highest BCUT2D eigenvalue weighted by Gasteiger charge is 2.00. The molecule has 0 spiro atoms. The molecule has 0 aromatic rings. The standard InChI is InChI=1S/C9H15N/c1-6-9(7(2)3)8(4)10-5/h6-7H,1,5H2,2-4H3/b9-8+. The molecular weight excluding hydrogens is 122 g/mol. The van der Waals surface area contributed by atoms with Crippen molar-refractivity contribution in [3.63, 3.8) is 0 Å². The van der Waals surface area contributed by atoms with Gasteiger partial charge < -0.3 is 0 Å². The lowest BCUT2D eigenvalue weighted by Crippen LogP contribution is -1.92. The Morgan fingerprint density at radius 2 is 2.00 bits per heavy atom. The first-order chi connectivity index (χ1) is 4.63. The number of aliphatic imine (C=N–C) groups is 1. The molecule has 0 fully saturated rings. The Labute approximate surface area is 63.2 Å². The average Bonchev–Trinajstić information content (AvgIpc) is 1.88. The summed E-state index contributed by atoms with van der Waals surface area (Å²) in [7, 11) is 0. The number of rotatable bonds is 3. The van der Waals surface area contributed by atoms with Crippen molar-refractivity contribution in [1.29, 1.82) is 0 Å². The molecular formula is C9H15N. The van der Waals surface area contributed by atoms with E-state index in [2.05, 4.69) is 32.1 Å². The van der Waals surface area contributed by atoms with Crippen LogP contribution in [0.2, 0.25) is 0 Å². The Hall–Kier alpha value is -0.850. The van der Waals surface area contributed by atoms with Crippen molar-refractivity contribution in [3.05, 3.63) is 23.9 Å². The van der Waals surface area contributed by atoms with Crippen LogP contribution in [0.25, 0.3) is 0 Å². The highest BCUT2D eigenvalue weighted by atomic mass is 14.7. The van der Waals surface area contributed by atoms with E-state index in [0.29, 0.717) is 5.92 Å². The maximum Gasteiger partial charge on any atom is 0.0399 e. The number of hydrogen-bond acceptors (Lipinski definition) is 1. The molecule has 0 N–H and O–H groups in total. The zero-order chi connectivity index (χ0) is 8.15. The van der Waals surface area contributed by atoms with Gasteiger partial charge in [0.05, 0.1) is 0 Å². The Balaban J connectivity index is 4.61. The zero-order valence-corrected chi connectivity index (χ0v) is 7.02. The maximum atomic E-state index is 3.84. The molecule has 0 aliphatic carbocycles. The van der Waals surface area contributed by atoms with Crippen LogP contribution in [0.3, 0.4) is 0 Å². The van der Waals surface area contributed by atoms with Crippen molar-refractivity contribution in [2.75, 3.05) is 0 Å². The van der Waals surface area contributed by atoms with Crippen LogP contribution in [0.1, 0.15) is 20.8 Å². The van der Waals surface area contributed by atoms with Crippen molar-refractivity contribution >= 4 is 6.72 Å². The third kappa shape index (κ3) is 2.18. The highest BCUT2D eigenvalue weighted by molar-refractivity contribution is 5.33. The van der Waals surface area contributed by atoms with Crippen LogP contribution in [-0.2, 0) is 0 Å². The fraction of sp³-hybridized carbons (Fsp3) is 0.444. The minimum absolute atomic E-state index is 0.489. The summed E-state index contributed by atoms with van der Waals surface area (Å²) in [6, 6.07) is 0. The van der Waals surface area contributed by atoms with Crippen LogP contribution < -0.4 is 0 Å². The molecule has 0 radical (unpaired) electrons. The van der Waals surface area contributed by atoms with Gasteiger partial charge in [-0.3, -0.25) is 4.99 Å². The minimum Gasteiger partial charge on any atom is -0.269 e. The largest absolute Gasteiger partial charge is 0.269 e. The number of hydrogen-bond donors (Lipinski definition) is 0. The average molecular weight is 137 g/mol. The second-order valence-electron chi connectivity index (χ2n) is 2.56. The van der Waals surface area contributed by atoms with E-state index >= 15 is 0 Å². The van der Waals surface area contributed by atoms with Gasteiger partial charge >= 0.3 is 0 Å². The fourth-order valence-electron chi connectivity index (χ4n) is 0.892. The Bertz CT molecular complexity index is 164. The predicted molar refractivity (Wildman–Crippen MR) is 47.3 cm³/mol. The Kier molecular flexibility index (Phi) is 3.70. The third-order valence-electron chi connectivity index (χ3n) is 1.50. The van der Waals surface area contributed by atoms with Crippen molar-refractivity contribution in [2.45, 2.75) is 20.8 Å². The summed E-state index contributed by atoms with van der Waals surface area (Å²) in [6.45, 7) is 13.3. The first-order valence-electron chi connectivity index (χ1n) is 3.43. The summed E-state index contributed by atoms with van der Waals surface area (Å²) in [6.07, 6.45) is 1.84. The van der Waals surface area contributed by atoms with Gasteiger partial charge in [0, 0.05) is 5.70 Å². The van der Waals surface area contributed by atoms with Crippen molar-refractivity contribution < 1.29 is 0 Å². The lowest BCUT2D eigenvalue weighted by atomic mass is 10.0. The van der Waals surface area contributed by atoms with Gasteiger partial charge in [0.2, 0.25) is 0 Å². The molecule has 0 saturated carbocycles. The SMILES string of the molecule is C=C/C(=C(/C)N=C)C(C)C. The molecule has 56 valence electrons. The summed E-state index contributed by atoms with van der Waals surface area (Å²) in [5.41, 5.74) is 2.15. The molecule has 0 aliphatic heterocycles. The smallest absolute Gasteiger partial charge is 0.0399 e. The highest BCUT2D eigenvalue weighted by Crippen LogP contribution is 2.15. The summed E-state index contributed by atoms with van der Waals surface area (Å²) >= 11 is 0. The van der Waals surface area contributed by atoms with Gasteiger partial charge in [-0.05, 0) is 25.1 Å². The zero-order valence-electron chi connectivity index (χ0n) is 7.02. The summed E-state index contributed by atoms with van der Waals surface area (Å²) < 4.78 is 0. The molecule has 1 heteroatoms. The van der Waals surface area contributed by atoms with Crippen molar-refractivity contribution in [3.8, 4) is 0 Å². The normalized spacial score (nSPS) is 12.8. The van der Waals surface area contributed by atoms with E-state index in [-0.39, 0.29) is 0 Å². The summed E-state index contributed by atoms with van der Waals surface area (Å²) in [5, 5.41) is 0. The van der Waals surface area contributed by atoms with E-state index in [4.69, 9.17) is 0 Å². The van der Waals surface area contributed by atoms with Gasteiger partial charge in [-0.25, -0.2) is 0 Å². The molecule has 10 heavy (non-hydrogen) atoms. The quantitative estimate of drug-likeness (QED) is 0.419. The van der Waals surface area contributed by atoms with Crippen LogP contribution in [-0.4, -0.2) is 6.72 Å². The van der Waals surface area contributed by atoms with E-state index < -0.39 is 0 Å². The predicted octanol–water partition coefficient (Wildman–Crippen LogP) is 2.80. The monoisotopic (exact) mass is 137 g/mol. The molecule has 0 amide bonds. The first kappa shape index (κ1) is 9.15. The molecule has 0 heterocycles. The van der Waals surface area contributed by atoms with Crippen LogP contribution in [0.5, 0.6) is 0 Å². The van der Waals surface area contributed by atoms with Gasteiger partial charge in [-0.1, -0.05) is 26.5 Å². The molecule has 0 rings (SSSR count). The van der Waals surface area contributed by atoms with Crippen LogP contribution in [0, 0.1) is 5.92 Å². The Morgan fingerprint density at radius 3 is 2.10 bits per heavy atom. The Morgan fingerprint density at radius 1 is 1.50 bits per heavy atom. The molecule has 0 aromatic carbocycles. The van der Waals surface area contributed by atoms with Gasteiger partial charge in [-0.2, -0.15) is 0 Å². The minimum atomic E-state index is 0.489. The first-order valence-corrected chi connectivity index (χ1v) is 3.43. The molecule has 1 nitrogen and oxygen atoms in total. The van der Waals surface area contributed by atoms with E-state index in [1.165, 1.54) is 5.57 Å². The summed E-state index contributed by atoms with van der Waals surface area (Å²) in [4.78, 5) is 3.84. The molecule has 0 aromatic heterocycles. The van der Waals surface area contributed by atoms with Gasteiger partial charge in [0.15, 0.2) is 0 Å². The lowest BCUT2D eigenvalue weighted by molar-refractivity contribution is 0.778. The van der Waals surface area contributed by atoms with Gasteiger partial charge in [-0.15, -0.1) is 0 Å². The molecule has 0 bridgehead atoms. The second kappa shape index (κ2) is 4.04. The maximum absolute atomic E-state index is 3.84. The van der Waals surface area contributed by atoms with E-state index in [0.717, 1.165) is 5.70 Å². The summed E-state index contributed by atoms with van der Waals surface area (Å²) in [5.74, 6) is 0.489. The molecule has 0 unspecified atom stereocenters. The van der Waals surface area contributed by atoms with Gasteiger partial charge in [0.25, 0.3) is 0 Å². The fourth-order valence-corrected chi connectivity index (χ4v) is 0.892. The topological polar surface area (TPSA) is 12.4 Å². The number of allylic oxidation sites excluding steroid dienone is 3. The molecule has 0 aliphatic rings. The number of nitrogens with zero attached hydrogens (tertiary/aromatic N) is 1.